The fraction of sp³-hybridized carbons (Fsp3) is 0.222. The number of hydrogen-bond donors (Lipinski definition) is 3. The molecule has 0 atom stereocenters. The van der Waals surface area contributed by atoms with Gasteiger partial charge in [0.2, 0.25) is 5.91 Å². The Bertz CT molecular complexity index is 808. The van der Waals surface area contributed by atoms with Crippen LogP contribution in [0.15, 0.2) is 48.5 Å². The smallest absolute Gasteiger partial charge is 0.269 e. The summed E-state index contributed by atoms with van der Waals surface area (Å²) in [5.74, 6) is -0.293. The molecule has 0 saturated heterocycles. The van der Waals surface area contributed by atoms with Gasteiger partial charge in [-0.1, -0.05) is 12.1 Å². The van der Waals surface area contributed by atoms with E-state index in [1.165, 1.54) is 19.2 Å². The molecule has 2 amide bonds. The summed E-state index contributed by atoms with van der Waals surface area (Å²) >= 11 is 0. The van der Waals surface area contributed by atoms with Crippen molar-refractivity contribution >= 4 is 23.2 Å². The summed E-state index contributed by atoms with van der Waals surface area (Å²) in [7, 11) is 1.47. The molecule has 0 aliphatic carbocycles. The number of hydrogen-bond acceptors (Lipinski definition) is 6. The summed E-state index contributed by atoms with van der Waals surface area (Å²) in [5.41, 5.74) is 1.08. The first kappa shape index (κ1) is 19.7. The molecule has 2 rings (SSSR count). The molecule has 3 N–H and O–H groups in total. The molecule has 9 heteroatoms. The number of anilines is 1. The molecule has 2 aromatic rings. The van der Waals surface area contributed by atoms with E-state index >= 15 is 0 Å². The van der Waals surface area contributed by atoms with Crippen LogP contribution in [-0.2, 0) is 4.79 Å². The summed E-state index contributed by atoms with van der Waals surface area (Å²) in [6.07, 6.45) is 0. The first-order valence-electron chi connectivity index (χ1n) is 8.17. The third-order valence-corrected chi connectivity index (χ3v) is 3.62. The Morgan fingerprint density at radius 3 is 2.41 bits per heavy atom. The predicted molar refractivity (Wildman–Crippen MR) is 99.9 cm³/mol. The average Bonchev–Trinajstić information content (AvgIpc) is 2.69. The quantitative estimate of drug-likeness (QED) is 0.349. The van der Waals surface area contributed by atoms with Crippen LogP contribution in [0.2, 0.25) is 0 Å². The number of carbonyl (C=O) groups is 2. The van der Waals surface area contributed by atoms with Crippen molar-refractivity contribution in [1.82, 2.24) is 10.6 Å². The minimum absolute atomic E-state index is 0.0136. The Morgan fingerprint density at radius 1 is 1.04 bits per heavy atom. The molecule has 9 nitrogen and oxygen atoms in total. The third kappa shape index (κ3) is 5.99. The molecule has 0 aliphatic heterocycles. The monoisotopic (exact) mass is 372 g/mol. The maximum absolute atomic E-state index is 12.1. The molecule has 0 unspecified atom stereocenters. The lowest BCUT2D eigenvalue weighted by molar-refractivity contribution is -0.384. The van der Waals surface area contributed by atoms with Gasteiger partial charge in [-0.15, -0.1) is 0 Å². The first-order valence-corrected chi connectivity index (χ1v) is 8.17. The van der Waals surface area contributed by atoms with Crippen molar-refractivity contribution in [1.29, 1.82) is 0 Å². The molecule has 0 heterocycles. The van der Waals surface area contributed by atoms with Crippen LogP contribution in [0, 0.1) is 10.1 Å². The fourth-order valence-corrected chi connectivity index (χ4v) is 2.26. The number of nitrogens with one attached hydrogen (secondary N) is 3. The van der Waals surface area contributed by atoms with Gasteiger partial charge in [-0.2, -0.15) is 0 Å². The Balaban J connectivity index is 1.69. The van der Waals surface area contributed by atoms with E-state index in [2.05, 4.69) is 16.0 Å². The van der Waals surface area contributed by atoms with Gasteiger partial charge in [0, 0.05) is 30.9 Å². The summed E-state index contributed by atoms with van der Waals surface area (Å²) < 4.78 is 5.11. The molecular weight excluding hydrogens is 352 g/mol. The molecule has 0 radical (unpaired) electrons. The molecule has 2 aromatic carbocycles. The van der Waals surface area contributed by atoms with Crippen molar-refractivity contribution in [2.24, 2.45) is 0 Å². The van der Waals surface area contributed by atoms with Crippen molar-refractivity contribution in [3.05, 3.63) is 64.2 Å². The number of rotatable bonds is 9. The molecule has 0 saturated carbocycles. The van der Waals surface area contributed by atoms with E-state index in [-0.39, 0.29) is 18.1 Å². The van der Waals surface area contributed by atoms with E-state index < -0.39 is 10.8 Å². The summed E-state index contributed by atoms with van der Waals surface area (Å²) in [6, 6.07) is 12.7. The zero-order valence-electron chi connectivity index (χ0n) is 14.7. The van der Waals surface area contributed by atoms with Crippen molar-refractivity contribution in [3.8, 4) is 5.75 Å². The van der Waals surface area contributed by atoms with Gasteiger partial charge in [-0.3, -0.25) is 19.7 Å². The van der Waals surface area contributed by atoms with E-state index in [1.807, 2.05) is 0 Å². The highest BCUT2D eigenvalue weighted by Gasteiger charge is 2.12. The van der Waals surface area contributed by atoms with E-state index in [4.69, 9.17) is 4.74 Å². The predicted octanol–water partition coefficient (Wildman–Crippen LogP) is 1.56. The molecule has 142 valence electrons. The van der Waals surface area contributed by atoms with Crippen LogP contribution in [0.4, 0.5) is 11.4 Å². The SMILES string of the molecule is COc1ccccc1C(=O)NCC(=O)NCCNc1ccc([N+](=O)[O-])cc1. The van der Waals surface area contributed by atoms with Gasteiger partial charge in [-0.05, 0) is 24.3 Å². The number of ether oxygens (including phenoxy) is 1. The van der Waals surface area contributed by atoms with Crippen LogP contribution in [0.25, 0.3) is 0 Å². The normalized spacial score (nSPS) is 9.96. The fourth-order valence-electron chi connectivity index (χ4n) is 2.26. The highest BCUT2D eigenvalue weighted by atomic mass is 16.6. The number of amides is 2. The third-order valence-electron chi connectivity index (χ3n) is 3.62. The van der Waals surface area contributed by atoms with Crippen LogP contribution >= 0.6 is 0 Å². The number of methoxy groups -OCH3 is 1. The van der Waals surface area contributed by atoms with Crippen molar-refractivity contribution in [2.75, 3.05) is 32.1 Å². The lowest BCUT2D eigenvalue weighted by atomic mass is 10.2. The molecule has 0 aliphatic rings. The standard InChI is InChI=1S/C18H20N4O5/c1-27-16-5-3-2-4-15(16)18(24)21-12-17(23)20-11-10-19-13-6-8-14(9-7-13)22(25)26/h2-9,19H,10-12H2,1H3,(H,20,23)(H,21,24). The van der Waals surface area contributed by atoms with Crippen LogP contribution in [0.1, 0.15) is 10.4 Å². The van der Waals surface area contributed by atoms with E-state index in [9.17, 15) is 19.7 Å². The molecule has 27 heavy (non-hydrogen) atoms. The van der Waals surface area contributed by atoms with Crippen LogP contribution in [0.3, 0.4) is 0 Å². The van der Waals surface area contributed by atoms with Crippen molar-refractivity contribution < 1.29 is 19.2 Å². The van der Waals surface area contributed by atoms with Crippen LogP contribution < -0.4 is 20.7 Å². The minimum atomic E-state index is -0.469. The minimum Gasteiger partial charge on any atom is -0.496 e. The summed E-state index contributed by atoms with van der Waals surface area (Å²) in [4.78, 5) is 34.0. The van der Waals surface area contributed by atoms with Gasteiger partial charge in [0.25, 0.3) is 11.6 Å². The lowest BCUT2D eigenvalue weighted by Crippen LogP contribution is -2.38. The van der Waals surface area contributed by atoms with Gasteiger partial charge in [0.15, 0.2) is 0 Å². The Morgan fingerprint density at radius 2 is 1.74 bits per heavy atom. The molecular formula is C18H20N4O5. The maximum atomic E-state index is 12.1. The summed E-state index contributed by atoms with van der Waals surface area (Å²) in [5, 5.41) is 18.8. The van der Waals surface area contributed by atoms with E-state index in [1.54, 1.807) is 36.4 Å². The topological polar surface area (TPSA) is 123 Å². The first-order chi connectivity index (χ1) is 13.0. The second-order valence-corrected chi connectivity index (χ2v) is 5.46. The maximum Gasteiger partial charge on any atom is 0.269 e. The number of carbonyl (C=O) groups excluding carboxylic acids is 2. The zero-order chi connectivity index (χ0) is 19.6. The summed E-state index contributed by atoms with van der Waals surface area (Å²) in [6.45, 7) is 0.610. The number of nitro groups is 1. The lowest BCUT2D eigenvalue weighted by Gasteiger charge is -2.10. The molecule has 0 fully saturated rings. The highest BCUT2D eigenvalue weighted by Crippen LogP contribution is 2.16. The number of nitrogens with zero attached hydrogens (tertiary/aromatic N) is 1. The molecule has 0 spiro atoms. The second kappa shape index (κ2) is 9.76. The van der Waals surface area contributed by atoms with E-state index in [0.29, 0.717) is 30.1 Å². The number of benzene rings is 2. The Kier molecular flexibility index (Phi) is 7.12. The Labute approximate surface area is 155 Å². The molecule has 0 aromatic heterocycles. The number of nitro benzene ring substituents is 1. The highest BCUT2D eigenvalue weighted by molar-refractivity contribution is 5.98. The Hall–Kier alpha value is -3.62. The second-order valence-electron chi connectivity index (χ2n) is 5.46. The van der Waals surface area contributed by atoms with Gasteiger partial charge < -0.3 is 20.7 Å². The van der Waals surface area contributed by atoms with Crippen LogP contribution in [-0.4, -0.2) is 43.5 Å². The zero-order valence-corrected chi connectivity index (χ0v) is 14.7. The van der Waals surface area contributed by atoms with Crippen molar-refractivity contribution in [2.45, 2.75) is 0 Å². The number of non-ortho nitro benzene ring substituents is 1. The van der Waals surface area contributed by atoms with Gasteiger partial charge >= 0.3 is 0 Å². The van der Waals surface area contributed by atoms with Crippen molar-refractivity contribution in [3.63, 3.8) is 0 Å². The molecule has 0 bridgehead atoms. The van der Waals surface area contributed by atoms with E-state index in [0.717, 1.165) is 0 Å². The largest absolute Gasteiger partial charge is 0.496 e. The van der Waals surface area contributed by atoms with Gasteiger partial charge in [-0.25, -0.2) is 0 Å². The van der Waals surface area contributed by atoms with Gasteiger partial charge in [0.05, 0.1) is 24.1 Å². The average molecular weight is 372 g/mol. The number of para-hydroxylation sites is 1. The van der Waals surface area contributed by atoms with Crippen LogP contribution in [0.5, 0.6) is 5.75 Å². The van der Waals surface area contributed by atoms with Gasteiger partial charge in [0.1, 0.15) is 5.75 Å².